The minimum Gasteiger partial charge on any atom is -0.460 e. The number of carbonyl (C=O) groups excluding carboxylic acids is 3. The molecule has 1 unspecified atom stereocenters. The van der Waals surface area contributed by atoms with Crippen molar-refractivity contribution >= 4 is 37.4 Å². The molecule has 0 aliphatic heterocycles. The van der Waals surface area contributed by atoms with Crippen molar-refractivity contribution in [1.82, 2.24) is 5.32 Å². The Labute approximate surface area is 182 Å². The van der Waals surface area contributed by atoms with Crippen LogP contribution >= 0.6 is 0 Å². The molecule has 0 aliphatic carbocycles. The van der Waals surface area contributed by atoms with Gasteiger partial charge in [-0.2, -0.15) is 0 Å². The summed E-state index contributed by atoms with van der Waals surface area (Å²) in [5, 5.41) is 15.7. The Morgan fingerprint density at radius 2 is 1.71 bits per heavy atom. The van der Waals surface area contributed by atoms with E-state index in [2.05, 4.69) is 30.3 Å². The molecule has 0 saturated heterocycles. The van der Waals surface area contributed by atoms with E-state index in [1.54, 1.807) is 20.8 Å². The van der Waals surface area contributed by atoms with Crippen LogP contribution in [-0.4, -0.2) is 49.2 Å². The molecule has 0 saturated carbocycles. The molecule has 0 bridgehead atoms. The van der Waals surface area contributed by atoms with Gasteiger partial charge in [-0.3, -0.25) is 19.7 Å². The largest absolute Gasteiger partial charge is 0.460 e. The number of benzene rings is 1. The summed E-state index contributed by atoms with van der Waals surface area (Å²) in [4.78, 5) is 47.2. The predicted octanol–water partition coefficient (Wildman–Crippen LogP) is 3.70. The number of hydrogen-bond donors (Lipinski definition) is 2. The van der Waals surface area contributed by atoms with Crippen molar-refractivity contribution in [2.24, 2.45) is 0 Å². The molecule has 0 heterocycles. The molecule has 1 aromatic carbocycles. The van der Waals surface area contributed by atoms with Crippen molar-refractivity contribution in [3.05, 3.63) is 34.4 Å². The van der Waals surface area contributed by atoms with Crippen molar-refractivity contribution in [2.45, 2.75) is 64.5 Å². The lowest BCUT2D eigenvalue weighted by Gasteiger charge is -2.23. The molecule has 0 aliphatic rings. The lowest BCUT2D eigenvalue weighted by Crippen LogP contribution is -2.46. The Morgan fingerprint density at radius 1 is 1.13 bits per heavy atom. The second kappa shape index (κ2) is 10.9. The third-order valence-corrected chi connectivity index (χ3v) is 5.53. The van der Waals surface area contributed by atoms with Gasteiger partial charge in [0.05, 0.1) is 18.0 Å². The second-order valence-electron chi connectivity index (χ2n) is 9.23. The van der Waals surface area contributed by atoms with Crippen LogP contribution in [0.4, 0.5) is 16.2 Å². The Balaban J connectivity index is 2.84. The third-order valence-electron chi connectivity index (χ3n) is 3.83. The van der Waals surface area contributed by atoms with Crippen LogP contribution in [-0.2, 0) is 19.1 Å². The quantitative estimate of drug-likeness (QED) is 0.252. The molecule has 0 spiro atoms. The first kappa shape index (κ1) is 26.1. The van der Waals surface area contributed by atoms with E-state index in [4.69, 9.17) is 9.47 Å². The smallest absolute Gasteiger partial charge is 0.407 e. The van der Waals surface area contributed by atoms with Crippen molar-refractivity contribution in [3.63, 3.8) is 0 Å². The molecule has 1 rings (SSSR count). The predicted molar refractivity (Wildman–Crippen MR) is 119 cm³/mol. The summed E-state index contributed by atoms with van der Waals surface area (Å²) in [5.41, 5.74) is -0.611. The van der Waals surface area contributed by atoms with E-state index in [1.807, 2.05) is 0 Å². The standard InChI is InChI=1S/C20H31N3O7Si/c1-20(2,3)30-17(24)13-16(22-19(26)29-11-12-31(4,5)6)18(25)21-14-7-9-15(10-8-14)23(27)28/h7-10,16H,11-13H2,1-6H3,(H,21,25)(H,22,26). The number of anilines is 1. The molecular weight excluding hydrogens is 422 g/mol. The van der Waals surface area contributed by atoms with Gasteiger partial charge in [0.1, 0.15) is 11.6 Å². The summed E-state index contributed by atoms with van der Waals surface area (Å²) >= 11 is 0. The highest BCUT2D eigenvalue weighted by Gasteiger charge is 2.28. The van der Waals surface area contributed by atoms with Gasteiger partial charge in [0.2, 0.25) is 5.91 Å². The number of nitrogens with one attached hydrogen (secondary N) is 2. The molecule has 2 amide bonds. The maximum absolute atomic E-state index is 12.7. The Bertz CT molecular complexity index is 798. The number of carbonyl (C=O) groups is 3. The van der Waals surface area contributed by atoms with Crippen molar-refractivity contribution in [1.29, 1.82) is 0 Å². The van der Waals surface area contributed by atoms with Crippen molar-refractivity contribution in [3.8, 4) is 0 Å². The summed E-state index contributed by atoms with van der Waals surface area (Å²) in [6.07, 6.45) is -1.22. The van der Waals surface area contributed by atoms with Crippen LogP contribution in [0, 0.1) is 10.1 Å². The number of non-ortho nitro benzene ring substituents is 1. The number of rotatable bonds is 9. The highest BCUT2D eigenvalue weighted by Crippen LogP contribution is 2.16. The van der Waals surface area contributed by atoms with Crippen molar-refractivity contribution in [2.75, 3.05) is 11.9 Å². The number of esters is 1. The molecule has 1 atom stereocenters. The van der Waals surface area contributed by atoms with Crippen LogP contribution in [0.2, 0.25) is 25.7 Å². The van der Waals surface area contributed by atoms with Crippen LogP contribution < -0.4 is 10.6 Å². The zero-order valence-electron chi connectivity index (χ0n) is 18.8. The van der Waals surface area contributed by atoms with Crippen LogP contribution in [0.25, 0.3) is 0 Å². The monoisotopic (exact) mass is 453 g/mol. The molecule has 11 heteroatoms. The van der Waals surface area contributed by atoms with E-state index in [1.165, 1.54) is 24.3 Å². The van der Waals surface area contributed by atoms with E-state index in [0.29, 0.717) is 0 Å². The van der Waals surface area contributed by atoms with E-state index < -0.39 is 49.0 Å². The fourth-order valence-electron chi connectivity index (χ4n) is 2.29. The van der Waals surface area contributed by atoms with E-state index in [0.717, 1.165) is 6.04 Å². The van der Waals surface area contributed by atoms with Crippen LogP contribution in [0.1, 0.15) is 27.2 Å². The molecule has 0 aromatic heterocycles. The number of nitro benzene ring substituents is 1. The summed E-state index contributed by atoms with van der Waals surface area (Å²) in [5.74, 6) is -1.35. The number of nitrogens with zero attached hydrogens (tertiary/aromatic N) is 1. The molecule has 0 radical (unpaired) electrons. The Morgan fingerprint density at radius 3 is 2.19 bits per heavy atom. The maximum Gasteiger partial charge on any atom is 0.407 e. The SMILES string of the molecule is CC(C)(C)OC(=O)CC(NC(=O)OCC[Si](C)(C)C)C(=O)Nc1ccc([N+](=O)[O-])cc1. The molecule has 31 heavy (non-hydrogen) atoms. The van der Waals surface area contributed by atoms with Gasteiger partial charge in [0.15, 0.2) is 0 Å². The summed E-state index contributed by atoms with van der Waals surface area (Å²) in [7, 11) is -1.41. The third kappa shape index (κ3) is 11.1. The lowest BCUT2D eigenvalue weighted by molar-refractivity contribution is -0.384. The maximum atomic E-state index is 12.7. The molecule has 172 valence electrons. The molecular formula is C20H31N3O7Si. The van der Waals surface area contributed by atoms with Gasteiger partial charge >= 0.3 is 12.1 Å². The number of hydrogen-bond acceptors (Lipinski definition) is 7. The topological polar surface area (TPSA) is 137 Å². The van der Waals surface area contributed by atoms with Gasteiger partial charge in [-0.15, -0.1) is 0 Å². The van der Waals surface area contributed by atoms with Gasteiger partial charge in [-0.25, -0.2) is 4.79 Å². The minimum atomic E-state index is -1.41. The first-order valence-electron chi connectivity index (χ1n) is 9.87. The van der Waals surface area contributed by atoms with Gasteiger partial charge in [0, 0.05) is 25.9 Å². The Hall–Kier alpha value is -2.95. The summed E-state index contributed by atoms with van der Waals surface area (Å²) in [6.45, 7) is 11.7. The van der Waals surface area contributed by atoms with Crippen LogP contribution in [0.5, 0.6) is 0 Å². The van der Waals surface area contributed by atoms with Gasteiger partial charge in [-0.1, -0.05) is 19.6 Å². The van der Waals surface area contributed by atoms with E-state index in [9.17, 15) is 24.5 Å². The normalized spacial score (nSPS) is 12.5. The number of nitro groups is 1. The first-order chi connectivity index (χ1) is 14.2. The lowest BCUT2D eigenvalue weighted by atomic mass is 10.1. The van der Waals surface area contributed by atoms with Gasteiger partial charge in [-0.05, 0) is 38.9 Å². The number of alkyl carbamates (subject to hydrolysis) is 1. The molecule has 1 aromatic rings. The van der Waals surface area contributed by atoms with E-state index >= 15 is 0 Å². The highest BCUT2D eigenvalue weighted by molar-refractivity contribution is 6.76. The molecule has 10 nitrogen and oxygen atoms in total. The van der Waals surface area contributed by atoms with E-state index in [-0.39, 0.29) is 18.0 Å². The second-order valence-corrected chi connectivity index (χ2v) is 14.8. The number of ether oxygens (including phenoxy) is 2. The first-order valence-corrected chi connectivity index (χ1v) is 13.6. The average Bonchev–Trinajstić information content (AvgIpc) is 2.58. The Kier molecular flexibility index (Phi) is 9.16. The minimum absolute atomic E-state index is 0.132. The zero-order chi connectivity index (χ0) is 23.8. The number of amides is 2. The molecule has 2 N–H and O–H groups in total. The fourth-order valence-corrected chi connectivity index (χ4v) is 3.00. The summed E-state index contributed by atoms with van der Waals surface area (Å²) in [6, 6.07) is 4.68. The summed E-state index contributed by atoms with van der Waals surface area (Å²) < 4.78 is 10.4. The zero-order valence-corrected chi connectivity index (χ0v) is 19.8. The van der Waals surface area contributed by atoms with Crippen molar-refractivity contribution < 1.29 is 28.8 Å². The van der Waals surface area contributed by atoms with Gasteiger partial charge in [0.25, 0.3) is 5.69 Å². The van der Waals surface area contributed by atoms with Gasteiger partial charge < -0.3 is 20.1 Å². The fraction of sp³-hybridized carbons (Fsp3) is 0.550. The van der Waals surface area contributed by atoms with Crippen LogP contribution in [0.3, 0.4) is 0 Å². The average molecular weight is 454 g/mol. The molecule has 0 fully saturated rings. The van der Waals surface area contributed by atoms with Crippen LogP contribution in [0.15, 0.2) is 24.3 Å². The highest BCUT2D eigenvalue weighted by atomic mass is 28.3.